The molecule has 4 N–H and O–H groups in total. The van der Waals surface area contributed by atoms with E-state index in [0.717, 1.165) is 0 Å². The van der Waals surface area contributed by atoms with Crippen LogP contribution in [0.4, 0.5) is 5.69 Å². The van der Waals surface area contributed by atoms with Crippen LogP contribution >= 0.6 is 0 Å². The van der Waals surface area contributed by atoms with Crippen molar-refractivity contribution in [2.75, 3.05) is 5.73 Å². The van der Waals surface area contributed by atoms with Crippen molar-refractivity contribution in [1.82, 2.24) is 4.98 Å². The Morgan fingerprint density at radius 2 is 2.00 bits per heavy atom. The molecule has 0 aliphatic rings. The smallest absolute Gasteiger partial charge is 0.248 e. The quantitative estimate of drug-likeness (QED) is 0.684. The Labute approximate surface area is 108 Å². The molecule has 0 saturated heterocycles. The van der Waals surface area contributed by atoms with Crippen LogP contribution in [-0.4, -0.2) is 10.9 Å². The summed E-state index contributed by atoms with van der Waals surface area (Å²) in [5, 5.41) is 0. The third-order valence-corrected chi connectivity index (χ3v) is 2.81. The molecule has 94 valence electrons. The monoisotopic (exact) mass is 253 g/mol. The van der Waals surface area contributed by atoms with Gasteiger partial charge in [-0.05, 0) is 36.4 Å². The van der Waals surface area contributed by atoms with Gasteiger partial charge in [0.2, 0.25) is 11.8 Å². The number of rotatable bonds is 2. The summed E-state index contributed by atoms with van der Waals surface area (Å²) in [4.78, 5) is 15.5. The minimum Gasteiger partial charge on any atom is -0.436 e. The summed E-state index contributed by atoms with van der Waals surface area (Å²) in [5.41, 5.74) is 14.0. The van der Waals surface area contributed by atoms with Crippen molar-refractivity contribution in [3.63, 3.8) is 0 Å². The Kier molecular flexibility index (Phi) is 2.45. The second-order valence-corrected chi connectivity index (χ2v) is 4.19. The second kappa shape index (κ2) is 4.13. The van der Waals surface area contributed by atoms with Gasteiger partial charge < -0.3 is 15.9 Å². The minimum atomic E-state index is -0.484. The zero-order valence-corrected chi connectivity index (χ0v) is 9.96. The van der Waals surface area contributed by atoms with E-state index in [1.165, 1.54) is 0 Å². The number of nitrogens with zero attached hydrogens (tertiary/aromatic N) is 1. The van der Waals surface area contributed by atoms with Crippen molar-refractivity contribution in [2.24, 2.45) is 5.73 Å². The van der Waals surface area contributed by atoms with Crippen LogP contribution in [0, 0.1) is 0 Å². The molecule has 0 radical (unpaired) electrons. The SMILES string of the molecule is NC(=O)c1cccc(-c2nc3cc(N)ccc3o2)c1. The number of carbonyl (C=O) groups is 1. The number of carbonyl (C=O) groups excluding carboxylic acids is 1. The summed E-state index contributed by atoms with van der Waals surface area (Å²) in [7, 11) is 0. The van der Waals surface area contributed by atoms with E-state index >= 15 is 0 Å². The first-order valence-corrected chi connectivity index (χ1v) is 5.70. The first-order valence-electron chi connectivity index (χ1n) is 5.70. The van der Waals surface area contributed by atoms with E-state index in [-0.39, 0.29) is 0 Å². The fraction of sp³-hybridized carbons (Fsp3) is 0. The van der Waals surface area contributed by atoms with Crippen LogP contribution in [0.5, 0.6) is 0 Å². The van der Waals surface area contributed by atoms with Crippen LogP contribution in [0.2, 0.25) is 0 Å². The standard InChI is InChI=1S/C14H11N3O2/c15-10-4-5-12-11(7-10)17-14(19-12)9-3-1-2-8(6-9)13(16)18/h1-7H,15H2,(H2,16,18). The number of amides is 1. The Morgan fingerprint density at radius 3 is 2.79 bits per heavy atom. The van der Waals surface area contributed by atoms with Gasteiger partial charge in [-0.25, -0.2) is 4.98 Å². The van der Waals surface area contributed by atoms with E-state index in [4.69, 9.17) is 15.9 Å². The first kappa shape index (κ1) is 11.3. The molecule has 3 rings (SSSR count). The highest BCUT2D eigenvalue weighted by molar-refractivity contribution is 5.94. The van der Waals surface area contributed by atoms with Crippen molar-refractivity contribution in [3.8, 4) is 11.5 Å². The number of nitrogen functional groups attached to an aromatic ring is 1. The molecule has 0 bridgehead atoms. The van der Waals surface area contributed by atoms with Crippen LogP contribution in [0.15, 0.2) is 46.9 Å². The molecular formula is C14H11N3O2. The number of oxazole rings is 1. The van der Waals surface area contributed by atoms with Crippen molar-refractivity contribution < 1.29 is 9.21 Å². The van der Waals surface area contributed by atoms with E-state index in [9.17, 15) is 4.79 Å². The second-order valence-electron chi connectivity index (χ2n) is 4.19. The average molecular weight is 253 g/mol. The predicted molar refractivity (Wildman–Crippen MR) is 72.4 cm³/mol. The summed E-state index contributed by atoms with van der Waals surface area (Å²) in [6, 6.07) is 12.1. The van der Waals surface area contributed by atoms with Crippen molar-refractivity contribution in [2.45, 2.75) is 0 Å². The number of hydrogen-bond donors (Lipinski definition) is 2. The maximum absolute atomic E-state index is 11.2. The van der Waals surface area contributed by atoms with Gasteiger partial charge in [0, 0.05) is 16.8 Å². The Bertz CT molecular complexity index is 777. The van der Waals surface area contributed by atoms with Gasteiger partial charge in [0.25, 0.3) is 0 Å². The summed E-state index contributed by atoms with van der Waals surface area (Å²) < 4.78 is 5.63. The third-order valence-electron chi connectivity index (χ3n) is 2.81. The highest BCUT2D eigenvalue weighted by Crippen LogP contribution is 2.25. The van der Waals surface area contributed by atoms with Crippen LogP contribution < -0.4 is 11.5 Å². The summed E-state index contributed by atoms with van der Waals surface area (Å²) >= 11 is 0. The molecule has 0 aliphatic heterocycles. The van der Waals surface area contributed by atoms with Crippen LogP contribution in [-0.2, 0) is 0 Å². The van der Waals surface area contributed by atoms with Gasteiger partial charge in [0.1, 0.15) is 5.52 Å². The third kappa shape index (κ3) is 2.01. The molecule has 1 aromatic heterocycles. The molecule has 5 heteroatoms. The molecule has 0 aliphatic carbocycles. The van der Waals surface area contributed by atoms with Gasteiger partial charge in [-0.3, -0.25) is 4.79 Å². The molecule has 19 heavy (non-hydrogen) atoms. The number of anilines is 1. The average Bonchev–Trinajstić information content (AvgIpc) is 2.81. The molecule has 0 unspecified atom stereocenters. The van der Waals surface area contributed by atoms with Crippen molar-refractivity contribution in [3.05, 3.63) is 48.0 Å². The normalized spacial score (nSPS) is 10.7. The number of aromatic nitrogens is 1. The van der Waals surface area contributed by atoms with Crippen LogP contribution in [0.3, 0.4) is 0 Å². The van der Waals surface area contributed by atoms with E-state index in [0.29, 0.717) is 33.8 Å². The first-order chi connectivity index (χ1) is 9.13. The van der Waals surface area contributed by atoms with E-state index in [2.05, 4.69) is 4.98 Å². The summed E-state index contributed by atoms with van der Waals surface area (Å²) in [5.74, 6) is -0.0501. The van der Waals surface area contributed by atoms with Gasteiger partial charge >= 0.3 is 0 Å². The molecule has 5 nitrogen and oxygen atoms in total. The van der Waals surface area contributed by atoms with Crippen LogP contribution in [0.1, 0.15) is 10.4 Å². The summed E-state index contributed by atoms with van der Waals surface area (Å²) in [6.45, 7) is 0. The number of nitrogens with two attached hydrogens (primary N) is 2. The zero-order chi connectivity index (χ0) is 13.4. The molecule has 0 atom stereocenters. The molecule has 0 fully saturated rings. The van der Waals surface area contributed by atoms with E-state index < -0.39 is 5.91 Å². The largest absolute Gasteiger partial charge is 0.436 e. The van der Waals surface area contributed by atoms with Gasteiger partial charge in [-0.2, -0.15) is 0 Å². The highest BCUT2D eigenvalue weighted by atomic mass is 16.3. The zero-order valence-electron chi connectivity index (χ0n) is 9.96. The molecular weight excluding hydrogens is 242 g/mol. The van der Waals surface area contributed by atoms with Gasteiger partial charge in [0.05, 0.1) is 0 Å². The number of fused-ring (bicyclic) bond motifs is 1. The number of benzene rings is 2. The van der Waals surface area contributed by atoms with Gasteiger partial charge in [-0.1, -0.05) is 6.07 Å². The molecule has 0 spiro atoms. The number of primary amides is 1. The minimum absolute atomic E-state index is 0.416. The van der Waals surface area contributed by atoms with Gasteiger partial charge in [-0.15, -0.1) is 0 Å². The lowest BCUT2D eigenvalue weighted by atomic mass is 10.1. The molecule has 3 aromatic rings. The predicted octanol–water partition coefficient (Wildman–Crippen LogP) is 2.18. The molecule has 0 saturated carbocycles. The van der Waals surface area contributed by atoms with E-state index in [1.807, 2.05) is 0 Å². The van der Waals surface area contributed by atoms with Crippen molar-refractivity contribution >= 4 is 22.7 Å². The van der Waals surface area contributed by atoms with Crippen LogP contribution in [0.25, 0.3) is 22.6 Å². The fourth-order valence-electron chi connectivity index (χ4n) is 1.87. The van der Waals surface area contributed by atoms with Gasteiger partial charge in [0.15, 0.2) is 5.58 Å². The molecule has 1 heterocycles. The highest BCUT2D eigenvalue weighted by Gasteiger charge is 2.10. The Balaban J connectivity index is 2.13. The lowest BCUT2D eigenvalue weighted by Crippen LogP contribution is -2.10. The maximum atomic E-state index is 11.2. The fourth-order valence-corrected chi connectivity index (χ4v) is 1.87. The Hall–Kier alpha value is -2.82. The summed E-state index contributed by atoms with van der Waals surface area (Å²) in [6.07, 6.45) is 0. The lowest BCUT2D eigenvalue weighted by Gasteiger charge is -1.98. The lowest BCUT2D eigenvalue weighted by molar-refractivity contribution is 0.100. The molecule has 2 aromatic carbocycles. The number of hydrogen-bond acceptors (Lipinski definition) is 4. The molecule has 1 amide bonds. The van der Waals surface area contributed by atoms with E-state index in [1.54, 1.807) is 42.5 Å². The Morgan fingerprint density at radius 1 is 1.16 bits per heavy atom. The topological polar surface area (TPSA) is 95.1 Å². The van der Waals surface area contributed by atoms with Crippen molar-refractivity contribution in [1.29, 1.82) is 0 Å². The maximum Gasteiger partial charge on any atom is 0.248 e.